The van der Waals surface area contributed by atoms with E-state index in [-0.39, 0.29) is 5.69 Å². The van der Waals surface area contributed by atoms with Crippen molar-refractivity contribution in [2.24, 2.45) is 7.05 Å². The smallest absolute Gasteiger partial charge is 0.275 e. The third-order valence-corrected chi connectivity index (χ3v) is 3.14. The van der Waals surface area contributed by atoms with Crippen LogP contribution in [-0.4, -0.2) is 31.4 Å². The van der Waals surface area contributed by atoms with Gasteiger partial charge in [-0.3, -0.25) is 10.1 Å². The Morgan fingerprint density at radius 2 is 2.25 bits per heavy atom. The van der Waals surface area contributed by atoms with Crippen molar-refractivity contribution >= 4 is 27.4 Å². The molecule has 0 spiro atoms. The Hall–Kier alpha value is -2.03. The number of aromatic nitrogens is 4. The third-order valence-electron chi connectivity index (χ3n) is 2.61. The molecule has 2 aromatic rings. The van der Waals surface area contributed by atoms with Gasteiger partial charge in [0.15, 0.2) is 4.60 Å². The predicted octanol–water partition coefficient (Wildman–Crippen LogP) is 2.37. The predicted molar refractivity (Wildman–Crippen MR) is 77.4 cm³/mol. The molecule has 2 heterocycles. The fraction of sp³-hybridized carbons (Fsp3) is 0.364. The lowest BCUT2D eigenvalue weighted by molar-refractivity contribution is -0.384. The topological polar surface area (TPSA) is 98.8 Å². The fourth-order valence-electron chi connectivity index (χ4n) is 1.69. The standard InChI is InChI=1S/C11H13BrN6O2/c1-3-4-13-9-6-7(18(19)20)5-8(14-9)10-11(12)15-16-17(10)2/h5-6H,3-4H2,1-2H3,(H,13,14). The number of hydrogen-bond acceptors (Lipinski definition) is 6. The maximum Gasteiger partial charge on any atom is 0.275 e. The summed E-state index contributed by atoms with van der Waals surface area (Å²) >= 11 is 3.27. The van der Waals surface area contributed by atoms with Gasteiger partial charge in [0.25, 0.3) is 5.69 Å². The van der Waals surface area contributed by atoms with Gasteiger partial charge in [0.1, 0.15) is 17.2 Å². The van der Waals surface area contributed by atoms with Gasteiger partial charge < -0.3 is 5.32 Å². The van der Waals surface area contributed by atoms with Crippen molar-refractivity contribution in [3.63, 3.8) is 0 Å². The van der Waals surface area contributed by atoms with E-state index >= 15 is 0 Å². The van der Waals surface area contributed by atoms with Crippen LogP contribution in [0.15, 0.2) is 16.7 Å². The zero-order chi connectivity index (χ0) is 14.7. The summed E-state index contributed by atoms with van der Waals surface area (Å²) in [6.45, 7) is 2.70. The third kappa shape index (κ3) is 2.93. The summed E-state index contributed by atoms with van der Waals surface area (Å²) in [5.41, 5.74) is 1.01. The van der Waals surface area contributed by atoms with E-state index in [1.165, 1.54) is 16.8 Å². The molecule has 0 fully saturated rings. The average molecular weight is 341 g/mol. The second-order valence-electron chi connectivity index (χ2n) is 4.13. The first kappa shape index (κ1) is 14.4. The van der Waals surface area contributed by atoms with Crippen LogP contribution in [0.5, 0.6) is 0 Å². The van der Waals surface area contributed by atoms with Gasteiger partial charge in [-0.2, -0.15) is 0 Å². The summed E-state index contributed by atoms with van der Waals surface area (Å²) < 4.78 is 2.01. The minimum absolute atomic E-state index is 0.0262. The van der Waals surface area contributed by atoms with Gasteiger partial charge >= 0.3 is 0 Å². The minimum Gasteiger partial charge on any atom is -0.370 e. The zero-order valence-corrected chi connectivity index (χ0v) is 12.6. The molecule has 2 aromatic heterocycles. The van der Waals surface area contributed by atoms with Crippen LogP contribution in [0, 0.1) is 10.1 Å². The van der Waals surface area contributed by atoms with Crippen LogP contribution in [0.3, 0.4) is 0 Å². The lowest BCUT2D eigenvalue weighted by Crippen LogP contribution is -2.05. The van der Waals surface area contributed by atoms with E-state index in [1.807, 2.05) is 6.92 Å². The van der Waals surface area contributed by atoms with Crippen LogP contribution in [0.4, 0.5) is 11.5 Å². The first-order valence-electron chi connectivity index (χ1n) is 5.98. The quantitative estimate of drug-likeness (QED) is 0.662. The number of halogens is 1. The Morgan fingerprint density at radius 1 is 1.50 bits per heavy atom. The molecule has 0 radical (unpaired) electrons. The monoisotopic (exact) mass is 340 g/mol. The van der Waals surface area contributed by atoms with E-state index in [0.29, 0.717) is 28.4 Å². The lowest BCUT2D eigenvalue weighted by atomic mass is 10.2. The SMILES string of the molecule is CCCNc1cc([N+](=O)[O-])cc(-c2c(Br)nnn2C)n1. The number of nitrogens with zero attached hydrogens (tertiary/aromatic N) is 5. The highest BCUT2D eigenvalue weighted by Crippen LogP contribution is 2.28. The van der Waals surface area contributed by atoms with Crippen LogP contribution < -0.4 is 5.32 Å². The van der Waals surface area contributed by atoms with Gasteiger partial charge in [-0.25, -0.2) is 9.67 Å². The Labute approximate surface area is 123 Å². The maximum absolute atomic E-state index is 11.0. The van der Waals surface area contributed by atoms with E-state index in [2.05, 4.69) is 36.5 Å². The van der Waals surface area contributed by atoms with E-state index in [1.54, 1.807) is 7.05 Å². The summed E-state index contributed by atoms with van der Waals surface area (Å²) in [4.78, 5) is 14.9. The summed E-state index contributed by atoms with van der Waals surface area (Å²) in [6.07, 6.45) is 0.899. The molecule has 0 bridgehead atoms. The molecule has 20 heavy (non-hydrogen) atoms. The minimum atomic E-state index is -0.444. The van der Waals surface area contributed by atoms with Crippen molar-refractivity contribution in [1.29, 1.82) is 0 Å². The molecule has 0 saturated heterocycles. The summed E-state index contributed by atoms with van der Waals surface area (Å²) in [5, 5.41) is 21.8. The second kappa shape index (κ2) is 5.95. The molecule has 0 aromatic carbocycles. The first-order valence-corrected chi connectivity index (χ1v) is 6.78. The second-order valence-corrected chi connectivity index (χ2v) is 4.88. The van der Waals surface area contributed by atoms with Crippen molar-refractivity contribution in [3.8, 4) is 11.4 Å². The highest BCUT2D eigenvalue weighted by Gasteiger charge is 2.17. The number of pyridine rings is 1. The molecule has 0 amide bonds. The average Bonchev–Trinajstić information content (AvgIpc) is 2.75. The zero-order valence-electron chi connectivity index (χ0n) is 11.0. The van der Waals surface area contributed by atoms with Gasteiger partial charge in [0.2, 0.25) is 0 Å². The highest BCUT2D eigenvalue weighted by atomic mass is 79.9. The maximum atomic E-state index is 11.0. The van der Waals surface area contributed by atoms with E-state index in [0.717, 1.165) is 6.42 Å². The van der Waals surface area contributed by atoms with Crippen molar-refractivity contribution in [3.05, 3.63) is 26.9 Å². The van der Waals surface area contributed by atoms with Crippen molar-refractivity contribution < 1.29 is 4.92 Å². The molecule has 1 N–H and O–H groups in total. The molecule has 0 aliphatic carbocycles. The van der Waals surface area contributed by atoms with Gasteiger partial charge in [-0.05, 0) is 22.4 Å². The molecule has 0 aliphatic rings. The molecule has 106 valence electrons. The van der Waals surface area contributed by atoms with E-state index in [4.69, 9.17) is 0 Å². The van der Waals surface area contributed by atoms with Gasteiger partial charge in [-0.1, -0.05) is 12.1 Å². The highest BCUT2D eigenvalue weighted by molar-refractivity contribution is 9.10. The van der Waals surface area contributed by atoms with Crippen LogP contribution >= 0.6 is 15.9 Å². The first-order chi connectivity index (χ1) is 9.52. The number of anilines is 1. The lowest BCUT2D eigenvalue weighted by Gasteiger charge is -2.07. The molecule has 0 atom stereocenters. The number of aryl methyl sites for hydroxylation is 1. The van der Waals surface area contributed by atoms with E-state index < -0.39 is 4.92 Å². The molecule has 9 heteroatoms. The van der Waals surface area contributed by atoms with Gasteiger partial charge in [0, 0.05) is 19.7 Å². The van der Waals surface area contributed by atoms with Crippen molar-refractivity contribution in [2.45, 2.75) is 13.3 Å². The number of nitrogens with one attached hydrogen (secondary N) is 1. The Bertz CT molecular complexity index is 622. The van der Waals surface area contributed by atoms with Crippen LogP contribution in [0.25, 0.3) is 11.4 Å². The number of hydrogen-bond donors (Lipinski definition) is 1. The summed E-state index contributed by atoms with van der Waals surface area (Å²) in [5.74, 6) is 0.462. The van der Waals surface area contributed by atoms with Gasteiger partial charge in [-0.15, -0.1) is 5.10 Å². The Kier molecular flexibility index (Phi) is 4.28. The van der Waals surface area contributed by atoms with Crippen LogP contribution in [0.1, 0.15) is 13.3 Å². The van der Waals surface area contributed by atoms with Crippen LogP contribution in [-0.2, 0) is 7.05 Å². The number of nitro groups is 1. The summed E-state index contributed by atoms with van der Waals surface area (Å²) in [6, 6.07) is 2.82. The fourth-order valence-corrected chi connectivity index (χ4v) is 2.22. The Morgan fingerprint density at radius 3 is 2.80 bits per heavy atom. The van der Waals surface area contributed by atoms with Crippen LogP contribution in [0.2, 0.25) is 0 Å². The molecule has 0 saturated carbocycles. The number of rotatable bonds is 5. The van der Waals surface area contributed by atoms with E-state index in [9.17, 15) is 10.1 Å². The van der Waals surface area contributed by atoms with Crippen molar-refractivity contribution in [1.82, 2.24) is 20.0 Å². The van der Waals surface area contributed by atoms with Gasteiger partial charge in [0.05, 0.1) is 11.0 Å². The molecule has 0 unspecified atom stereocenters. The molecule has 8 nitrogen and oxygen atoms in total. The largest absolute Gasteiger partial charge is 0.370 e. The summed E-state index contributed by atoms with van der Waals surface area (Å²) in [7, 11) is 1.70. The molecule has 2 rings (SSSR count). The molecular weight excluding hydrogens is 328 g/mol. The molecular formula is C11H13BrN6O2. The molecule has 0 aliphatic heterocycles. The van der Waals surface area contributed by atoms with Crippen molar-refractivity contribution in [2.75, 3.05) is 11.9 Å². The Balaban J connectivity index is 2.52. The normalized spacial score (nSPS) is 10.6.